The molecule has 188 valence electrons. The first kappa shape index (κ1) is 29.7. The summed E-state index contributed by atoms with van der Waals surface area (Å²) in [5, 5.41) is 34.1. The molecule has 5 unspecified atom stereocenters. The van der Waals surface area contributed by atoms with Crippen molar-refractivity contribution in [1.29, 1.82) is 0 Å². The summed E-state index contributed by atoms with van der Waals surface area (Å²) < 4.78 is 0. The van der Waals surface area contributed by atoms with Crippen LogP contribution in [0.5, 0.6) is 0 Å². The van der Waals surface area contributed by atoms with Gasteiger partial charge in [0, 0.05) is 6.42 Å². The molecule has 0 spiro atoms. The summed E-state index contributed by atoms with van der Waals surface area (Å²) in [5.74, 6) is -6.50. The Labute approximate surface area is 190 Å². The molecule has 5 atom stereocenters. The van der Waals surface area contributed by atoms with Crippen molar-refractivity contribution in [3.8, 4) is 0 Å². The van der Waals surface area contributed by atoms with Gasteiger partial charge in [-0.2, -0.15) is 0 Å². The number of nitrogens with one attached hydrogen (secondary N) is 3. The molecule has 0 aromatic rings. The maximum absolute atomic E-state index is 12.7. The molecule has 0 radical (unpaired) electrons. The van der Waals surface area contributed by atoms with Crippen LogP contribution < -0.4 is 27.4 Å². The molecule has 0 rings (SSSR count). The molecule has 4 amide bonds. The summed E-state index contributed by atoms with van der Waals surface area (Å²) in [7, 11) is 0. The number of carboxylic acids is 2. The van der Waals surface area contributed by atoms with E-state index in [0.29, 0.717) is 0 Å². The fraction of sp³-hybridized carbons (Fsp3) is 0.684. The van der Waals surface area contributed by atoms with Crippen LogP contribution in [-0.4, -0.2) is 81.2 Å². The van der Waals surface area contributed by atoms with Gasteiger partial charge in [0.1, 0.15) is 12.1 Å². The van der Waals surface area contributed by atoms with Crippen molar-refractivity contribution in [2.24, 2.45) is 17.4 Å². The van der Waals surface area contributed by atoms with Crippen LogP contribution in [0.3, 0.4) is 0 Å². The maximum Gasteiger partial charge on any atom is 0.328 e. The Morgan fingerprint density at radius 2 is 1.36 bits per heavy atom. The van der Waals surface area contributed by atoms with Gasteiger partial charge in [0.15, 0.2) is 6.04 Å². The van der Waals surface area contributed by atoms with Crippen molar-refractivity contribution in [3.63, 3.8) is 0 Å². The molecule has 14 heteroatoms. The van der Waals surface area contributed by atoms with E-state index in [0.717, 1.165) is 0 Å². The highest BCUT2D eigenvalue weighted by atomic mass is 16.4. The van der Waals surface area contributed by atoms with Crippen LogP contribution in [0.1, 0.15) is 46.5 Å². The standard InChI is InChI=1S/C19H33N5O9/c1-8(2)6-11(18(31)24-15(9(3)25)19(32)33)23-17(30)12(7-13(21)26)22-16(29)10(20)4-5-14(27)28/h8-12,15,25H,4-7,20H2,1-3H3,(H2,21,26)(H,22,29)(H,23,30)(H,24,31)(H,27,28)(H,32,33). The van der Waals surface area contributed by atoms with Gasteiger partial charge in [-0.1, -0.05) is 13.8 Å². The largest absolute Gasteiger partial charge is 0.481 e. The zero-order valence-corrected chi connectivity index (χ0v) is 18.7. The van der Waals surface area contributed by atoms with E-state index in [9.17, 15) is 33.9 Å². The number of primary amides is 1. The number of rotatable bonds is 15. The average Bonchev–Trinajstić information content (AvgIpc) is 2.67. The second kappa shape index (κ2) is 14.0. The first-order chi connectivity index (χ1) is 15.1. The molecule has 0 aromatic carbocycles. The monoisotopic (exact) mass is 475 g/mol. The van der Waals surface area contributed by atoms with Crippen LogP contribution in [0, 0.1) is 5.92 Å². The predicted molar refractivity (Wildman–Crippen MR) is 113 cm³/mol. The number of hydrogen-bond donors (Lipinski definition) is 8. The molecule has 0 saturated carbocycles. The summed E-state index contributed by atoms with van der Waals surface area (Å²) in [6, 6.07) is -5.68. The van der Waals surface area contributed by atoms with Crippen molar-refractivity contribution >= 4 is 35.6 Å². The summed E-state index contributed by atoms with van der Waals surface area (Å²) >= 11 is 0. The van der Waals surface area contributed by atoms with E-state index in [1.807, 2.05) is 0 Å². The summed E-state index contributed by atoms with van der Waals surface area (Å²) in [5.41, 5.74) is 10.7. The number of carbonyl (C=O) groups is 6. The number of aliphatic hydroxyl groups is 1. The van der Waals surface area contributed by atoms with Gasteiger partial charge in [-0.05, 0) is 25.7 Å². The minimum absolute atomic E-state index is 0.0685. The Hall–Kier alpha value is -3.26. The Morgan fingerprint density at radius 3 is 1.79 bits per heavy atom. The van der Waals surface area contributed by atoms with E-state index in [2.05, 4.69) is 16.0 Å². The van der Waals surface area contributed by atoms with Crippen molar-refractivity contribution in [3.05, 3.63) is 0 Å². The molecule has 0 aliphatic carbocycles. The molecule has 0 fully saturated rings. The molecule has 0 aliphatic rings. The van der Waals surface area contributed by atoms with Crippen molar-refractivity contribution in [2.75, 3.05) is 0 Å². The van der Waals surface area contributed by atoms with E-state index in [-0.39, 0.29) is 18.8 Å². The maximum atomic E-state index is 12.7. The van der Waals surface area contributed by atoms with Gasteiger partial charge < -0.3 is 42.7 Å². The van der Waals surface area contributed by atoms with Crippen molar-refractivity contribution in [2.45, 2.75) is 76.7 Å². The Balaban J connectivity index is 5.49. The van der Waals surface area contributed by atoms with Crippen molar-refractivity contribution < 1.29 is 44.1 Å². The molecule has 33 heavy (non-hydrogen) atoms. The Bertz CT molecular complexity index is 741. The molecular weight excluding hydrogens is 442 g/mol. The number of aliphatic carboxylic acids is 2. The number of nitrogens with two attached hydrogens (primary N) is 2. The number of amides is 4. The molecule has 10 N–H and O–H groups in total. The van der Waals surface area contributed by atoms with Gasteiger partial charge in [-0.25, -0.2) is 4.79 Å². The van der Waals surface area contributed by atoms with E-state index in [4.69, 9.17) is 21.7 Å². The van der Waals surface area contributed by atoms with E-state index < -0.39 is 78.7 Å². The molecular formula is C19H33N5O9. The molecule has 14 nitrogen and oxygen atoms in total. The lowest BCUT2D eigenvalue weighted by atomic mass is 10.0. The quantitative estimate of drug-likeness (QED) is 0.119. The molecule has 0 aliphatic heterocycles. The normalized spacial score (nSPS) is 15.5. The van der Waals surface area contributed by atoms with Gasteiger partial charge in [0.25, 0.3) is 0 Å². The van der Waals surface area contributed by atoms with Crippen LogP contribution in [-0.2, 0) is 28.8 Å². The van der Waals surface area contributed by atoms with Gasteiger partial charge in [0.2, 0.25) is 23.6 Å². The predicted octanol–water partition coefficient (Wildman–Crippen LogP) is -2.98. The molecule has 0 saturated heterocycles. The first-order valence-electron chi connectivity index (χ1n) is 10.2. The minimum Gasteiger partial charge on any atom is -0.481 e. The Morgan fingerprint density at radius 1 is 0.848 bits per heavy atom. The molecule has 0 heterocycles. The molecule has 0 aromatic heterocycles. The third-order valence-electron chi connectivity index (χ3n) is 4.43. The number of hydrogen-bond acceptors (Lipinski definition) is 8. The lowest BCUT2D eigenvalue weighted by molar-refractivity contribution is -0.145. The lowest BCUT2D eigenvalue weighted by Gasteiger charge is -2.26. The minimum atomic E-state index is -1.63. The third-order valence-corrected chi connectivity index (χ3v) is 4.43. The van der Waals surface area contributed by atoms with Crippen LogP contribution in [0.25, 0.3) is 0 Å². The highest BCUT2D eigenvalue weighted by Crippen LogP contribution is 2.08. The van der Waals surface area contributed by atoms with E-state index in [1.54, 1.807) is 13.8 Å². The number of carbonyl (C=O) groups excluding carboxylic acids is 4. The fourth-order valence-corrected chi connectivity index (χ4v) is 2.72. The second-order valence-corrected chi connectivity index (χ2v) is 8.03. The summed E-state index contributed by atoms with van der Waals surface area (Å²) in [6.07, 6.45) is -2.60. The summed E-state index contributed by atoms with van der Waals surface area (Å²) in [6.45, 7) is 4.64. The van der Waals surface area contributed by atoms with Gasteiger partial charge in [-0.15, -0.1) is 0 Å². The Kier molecular flexibility index (Phi) is 12.6. The smallest absolute Gasteiger partial charge is 0.328 e. The topological polar surface area (TPSA) is 251 Å². The van der Waals surface area contributed by atoms with Gasteiger partial charge in [-0.3, -0.25) is 24.0 Å². The van der Waals surface area contributed by atoms with Crippen molar-refractivity contribution in [1.82, 2.24) is 16.0 Å². The zero-order chi connectivity index (χ0) is 25.9. The SMILES string of the molecule is CC(C)CC(NC(=O)C(CC(N)=O)NC(=O)C(N)CCC(=O)O)C(=O)NC(C(=O)O)C(C)O. The summed E-state index contributed by atoms with van der Waals surface area (Å²) in [4.78, 5) is 70.8. The average molecular weight is 475 g/mol. The highest BCUT2D eigenvalue weighted by Gasteiger charge is 2.32. The zero-order valence-electron chi connectivity index (χ0n) is 18.7. The van der Waals surface area contributed by atoms with Crippen LogP contribution in [0.2, 0.25) is 0 Å². The van der Waals surface area contributed by atoms with E-state index >= 15 is 0 Å². The van der Waals surface area contributed by atoms with Crippen LogP contribution in [0.15, 0.2) is 0 Å². The fourth-order valence-electron chi connectivity index (χ4n) is 2.72. The first-order valence-corrected chi connectivity index (χ1v) is 10.2. The van der Waals surface area contributed by atoms with Gasteiger partial charge in [0.05, 0.1) is 18.6 Å². The van der Waals surface area contributed by atoms with Crippen LogP contribution >= 0.6 is 0 Å². The third kappa shape index (κ3) is 11.8. The molecule has 0 bridgehead atoms. The number of aliphatic hydroxyl groups excluding tert-OH is 1. The van der Waals surface area contributed by atoms with Gasteiger partial charge >= 0.3 is 11.9 Å². The lowest BCUT2D eigenvalue weighted by Crippen LogP contribution is -2.59. The highest BCUT2D eigenvalue weighted by molar-refractivity contribution is 5.96. The van der Waals surface area contributed by atoms with E-state index in [1.165, 1.54) is 6.92 Å². The van der Waals surface area contributed by atoms with Crippen LogP contribution in [0.4, 0.5) is 0 Å². The number of carboxylic acid groups (broad SMARTS) is 2. The second-order valence-electron chi connectivity index (χ2n) is 8.03.